The van der Waals surface area contributed by atoms with Gasteiger partial charge in [-0.15, -0.1) is 0 Å². The molecule has 32 valence electrons. The summed E-state index contributed by atoms with van der Waals surface area (Å²) in [6.07, 6.45) is -0.838. The number of aliphatic hydroxyl groups is 1. The highest BCUT2D eigenvalue weighted by Gasteiger charge is 1.81. The average Bonchev–Trinajstić information content (AvgIpc) is 1.21. The van der Waals surface area contributed by atoms with Crippen LogP contribution in [0.15, 0.2) is 0 Å². The lowest BCUT2D eigenvalue weighted by Crippen LogP contribution is -1.93. The standard InChI is InChI=1S/C4H10O/c1-3-4(2)5/h4-5H,3H2,1-2H3/i1D3. The minimum Gasteiger partial charge on any atom is -0.393 e. The van der Waals surface area contributed by atoms with Crippen LogP contribution in [0.5, 0.6) is 0 Å². The first kappa shape index (κ1) is 1.61. The summed E-state index contributed by atoms with van der Waals surface area (Å²) in [7, 11) is 0. The zero-order chi connectivity index (χ0) is 6.78. The average molecular weight is 77.1 g/mol. The molecule has 0 heterocycles. The molecule has 0 fully saturated rings. The summed E-state index contributed by atoms with van der Waals surface area (Å²) < 4.78 is 19.9. The molecule has 0 saturated carbocycles. The largest absolute Gasteiger partial charge is 0.393 e. The molecule has 0 bridgehead atoms. The molecule has 0 aliphatic rings. The summed E-state index contributed by atoms with van der Waals surface area (Å²) in [6, 6.07) is 0. The molecular formula is C4H10O. The lowest BCUT2D eigenvalue weighted by Gasteiger charge is -1.90. The Bertz CT molecular complexity index is 66.2. The van der Waals surface area contributed by atoms with E-state index < -0.39 is 13.0 Å². The van der Waals surface area contributed by atoms with Gasteiger partial charge in [0.1, 0.15) is 0 Å². The van der Waals surface area contributed by atoms with E-state index in [1.165, 1.54) is 6.92 Å². The second-order valence-corrected chi connectivity index (χ2v) is 1.05. The Morgan fingerprint density at radius 1 is 2.20 bits per heavy atom. The molecular weight excluding hydrogens is 64.0 g/mol. The van der Waals surface area contributed by atoms with Gasteiger partial charge < -0.3 is 5.11 Å². The fraction of sp³-hybridized carbons (Fsp3) is 1.00. The summed E-state index contributed by atoms with van der Waals surface area (Å²) in [5.74, 6) is 0. The number of rotatable bonds is 1. The molecule has 1 nitrogen and oxygen atoms in total. The summed E-state index contributed by atoms with van der Waals surface area (Å²) >= 11 is 0. The van der Waals surface area contributed by atoms with Crippen molar-refractivity contribution < 1.29 is 9.22 Å². The highest BCUT2D eigenvalue weighted by molar-refractivity contribution is 4.34. The second-order valence-electron chi connectivity index (χ2n) is 1.05. The van der Waals surface area contributed by atoms with E-state index in [1.807, 2.05) is 0 Å². The van der Waals surface area contributed by atoms with Crippen molar-refractivity contribution in [2.45, 2.75) is 26.3 Å². The van der Waals surface area contributed by atoms with Crippen molar-refractivity contribution >= 4 is 0 Å². The van der Waals surface area contributed by atoms with Crippen LogP contribution in [0, 0.1) is 0 Å². The van der Waals surface area contributed by atoms with Crippen LogP contribution in [-0.2, 0) is 0 Å². The van der Waals surface area contributed by atoms with E-state index in [0.29, 0.717) is 0 Å². The summed E-state index contributed by atoms with van der Waals surface area (Å²) in [4.78, 5) is 0. The lowest BCUT2D eigenvalue weighted by molar-refractivity contribution is 0.191. The third-order valence-corrected chi connectivity index (χ3v) is 0.295. The molecule has 1 atom stereocenters. The van der Waals surface area contributed by atoms with Gasteiger partial charge in [0.25, 0.3) is 0 Å². The van der Waals surface area contributed by atoms with Crippen molar-refractivity contribution in [2.75, 3.05) is 0 Å². The first-order chi connectivity index (χ1) is 3.42. The molecule has 0 aliphatic heterocycles. The monoisotopic (exact) mass is 77.1 g/mol. The maximum Gasteiger partial charge on any atom is 0.0509 e. The van der Waals surface area contributed by atoms with Gasteiger partial charge in [0, 0.05) is 4.11 Å². The second kappa shape index (κ2) is 2.21. The number of hydrogen-bond acceptors (Lipinski definition) is 1. The summed E-state index contributed by atoms with van der Waals surface area (Å²) in [6.45, 7) is -0.513. The molecule has 0 radical (unpaired) electrons. The van der Waals surface area contributed by atoms with E-state index in [2.05, 4.69) is 0 Å². The molecule has 0 aliphatic carbocycles. The third-order valence-electron chi connectivity index (χ3n) is 0.295. The zero-order valence-corrected chi connectivity index (χ0v) is 3.23. The highest BCUT2D eigenvalue weighted by Crippen LogP contribution is 1.81. The van der Waals surface area contributed by atoms with Gasteiger partial charge in [0.15, 0.2) is 0 Å². The van der Waals surface area contributed by atoms with E-state index in [4.69, 9.17) is 9.22 Å². The molecule has 5 heavy (non-hydrogen) atoms. The van der Waals surface area contributed by atoms with Gasteiger partial charge in [-0.2, -0.15) is 0 Å². The van der Waals surface area contributed by atoms with Crippen molar-refractivity contribution in [2.24, 2.45) is 0 Å². The molecule has 0 spiro atoms. The summed E-state index contributed by atoms with van der Waals surface area (Å²) in [5.41, 5.74) is 0. The Kier molecular flexibility index (Phi) is 0.711. The van der Waals surface area contributed by atoms with Crippen LogP contribution >= 0.6 is 0 Å². The fourth-order valence-electron chi connectivity index (χ4n) is 0. The van der Waals surface area contributed by atoms with Crippen LogP contribution < -0.4 is 0 Å². The van der Waals surface area contributed by atoms with Crippen molar-refractivity contribution in [3.63, 3.8) is 0 Å². The Hall–Kier alpha value is -0.0400. The quantitative estimate of drug-likeness (QED) is 0.490. The van der Waals surface area contributed by atoms with Crippen molar-refractivity contribution in [1.82, 2.24) is 0 Å². The van der Waals surface area contributed by atoms with Crippen LogP contribution in [0.1, 0.15) is 24.3 Å². The maximum absolute atomic E-state index is 8.53. The molecule has 0 aromatic carbocycles. The minimum absolute atomic E-state index is 0.118. The Morgan fingerprint density at radius 3 is 2.80 bits per heavy atom. The van der Waals surface area contributed by atoms with Gasteiger partial charge in [0.2, 0.25) is 0 Å². The topological polar surface area (TPSA) is 20.2 Å². The first-order valence-electron chi connectivity index (χ1n) is 3.10. The van der Waals surface area contributed by atoms with Crippen molar-refractivity contribution in [1.29, 1.82) is 0 Å². The van der Waals surface area contributed by atoms with Gasteiger partial charge in [-0.1, -0.05) is 6.85 Å². The maximum atomic E-state index is 8.53. The van der Waals surface area contributed by atoms with Crippen molar-refractivity contribution in [3.05, 3.63) is 0 Å². The van der Waals surface area contributed by atoms with Crippen LogP contribution in [0.3, 0.4) is 0 Å². The van der Waals surface area contributed by atoms with E-state index >= 15 is 0 Å². The van der Waals surface area contributed by atoms with Gasteiger partial charge in [0.05, 0.1) is 6.10 Å². The van der Waals surface area contributed by atoms with Gasteiger partial charge in [-0.05, 0) is 13.3 Å². The van der Waals surface area contributed by atoms with E-state index in [-0.39, 0.29) is 6.42 Å². The van der Waals surface area contributed by atoms with Gasteiger partial charge >= 0.3 is 0 Å². The molecule has 0 aromatic rings. The van der Waals surface area contributed by atoms with Crippen LogP contribution in [0.2, 0.25) is 0 Å². The molecule has 0 rings (SSSR count). The predicted octanol–water partition coefficient (Wildman–Crippen LogP) is 0.777. The number of aliphatic hydroxyl groups excluding tert-OH is 1. The number of hydrogen-bond donors (Lipinski definition) is 1. The van der Waals surface area contributed by atoms with Gasteiger partial charge in [-0.3, -0.25) is 0 Å². The molecule has 1 N–H and O–H groups in total. The molecule has 0 aromatic heterocycles. The minimum atomic E-state index is -1.98. The lowest BCUT2D eigenvalue weighted by atomic mass is 10.3. The van der Waals surface area contributed by atoms with Crippen LogP contribution in [0.25, 0.3) is 0 Å². The molecule has 1 unspecified atom stereocenters. The fourth-order valence-corrected chi connectivity index (χ4v) is 0. The van der Waals surface area contributed by atoms with Crippen molar-refractivity contribution in [3.8, 4) is 0 Å². The predicted molar refractivity (Wildman–Crippen MR) is 22.0 cm³/mol. The Morgan fingerprint density at radius 2 is 2.80 bits per heavy atom. The van der Waals surface area contributed by atoms with E-state index in [1.54, 1.807) is 0 Å². The Labute approximate surface area is 36.8 Å². The molecule has 0 saturated heterocycles. The zero-order valence-electron chi connectivity index (χ0n) is 6.23. The third kappa shape index (κ3) is 3.96. The smallest absolute Gasteiger partial charge is 0.0509 e. The molecule has 1 heteroatoms. The molecule has 0 amide bonds. The van der Waals surface area contributed by atoms with Crippen LogP contribution in [0.4, 0.5) is 0 Å². The summed E-state index contributed by atoms with van der Waals surface area (Å²) in [5, 5.41) is 8.53. The highest BCUT2D eigenvalue weighted by atomic mass is 16.3. The normalized spacial score (nSPS) is 26.4. The SMILES string of the molecule is [2H]C([2H])([2H])CC(C)O. The van der Waals surface area contributed by atoms with E-state index in [9.17, 15) is 0 Å². The Balaban J connectivity index is 3.39. The first-order valence-corrected chi connectivity index (χ1v) is 1.60. The van der Waals surface area contributed by atoms with Gasteiger partial charge in [-0.25, -0.2) is 0 Å². The van der Waals surface area contributed by atoms with Crippen LogP contribution in [-0.4, -0.2) is 11.2 Å². The van der Waals surface area contributed by atoms with E-state index in [0.717, 1.165) is 0 Å².